The number of hydrogen-bond acceptors (Lipinski definition) is 4. The van der Waals surface area contributed by atoms with Crippen molar-refractivity contribution in [2.24, 2.45) is 0 Å². The first kappa shape index (κ1) is 28.2. The summed E-state index contributed by atoms with van der Waals surface area (Å²) in [6, 6.07) is 20.9. The number of carbonyl (C=O) groups excluding carboxylic acids is 2. The highest BCUT2D eigenvalue weighted by Crippen LogP contribution is 2.43. The van der Waals surface area contributed by atoms with Gasteiger partial charge in [0.15, 0.2) is 0 Å². The van der Waals surface area contributed by atoms with Gasteiger partial charge < -0.3 is 10.0 Å². The number of carbonyl (C=O) groups is 2. The molecule has 204 valence electrons. The molecule has 0 radical (unpaired) electrons. The predicted molar refractivity (Wildman–Crippen MR) is 160 cm³/mol. The van der Waals surface area contributed by atoms with Crippen molar-refractivity contribution in [3.8, 4) is 0 Å². The molecule has 3 aromatic rings. The van der Waals surface area contributed by atoms with Gasteiger partial charge in [0, 0.05) is 30.0 Å². The normalized spacial score (nSPS) is 17.1. The maximum Gasteiger partial charge on any atom is 0.300 e. The summed E-state index contributed by atoms with van der Waals surface area (Å²) in [5, 5.41) is 11.7. The van der Waals surface area contributed by atoms with Crippen molar-refractivity contribution in [1.29, 1.82) is 0 Å². The maximum atomic E-state index is 13.7. The molecule has 1 atom stereocenters. The second-order valence-electron chi connectivity index (χ2n) is 11.2. The van der Waals surface area contributed by atoms with Crippen LogP contribution in [0.4, 0.5) is 11.4 Å². The minimum absolute atomic E-state index is 0.115. The zero-order valence-corrected chi connectivity index (χ0v) is 24.2. The summed E-state index contributed by atoms with van der Waals surface area (Å²) >= 11 is 0. The minimum atomic E-state index is -0.749. The summed E-state index contributed by atoms with van der Waals surface area (Å²) in [5.41, 5.74) is 6.05. The summed E-state index contributed by atoms with van der Waals surface area (Å²) < 4.78 is 0. The Kier molecular flexibility index (Phi) is 8.01. The first-order valence-electron chi connectivity index (χ1n) is 13.9. The van der Waals surface area contributed by atoms with Crippen LogP contribution in [0, 0.1) is 6.92 Å². The predicted octanol–water partition coefficient (Wildman–Crippen LogP) is 7.33. The fourth-order valence-corrected chi connectivity index (χ4v) is 5.25. The lowest BCUT2D eigenvalue weighted by atomic mass is 9.84. The molecule has 39 heavy (non-hydrogen) atoms. The summed E-state index contributed by atoms with van der Waals surface area (Å²) in [6.07, 6.45) is 0.874. The molecule has 1 aliphatic heterocycles. The smallest absolute Gasteiger partial charge is 0.300 e. The molecule has 0 aromatic heterocycles. The number of ketones is 1. The van der Waals surface area contributed by atoms with E-state index in [4.69, 9.17) is 0 Å². The van der Waals surface area contributed by atoms with E-state index in [1.165, 1.54) is 4.90 Å². The second-order valence-corrected chi connectivity index (χ2v) is 11.2. The van der Waals surface area contributed by atoms with E-state index in [0.717, 1.165) is 47.5 Å². The lowest BCUT2D eigenvalue weighted by Gasteiger charge is -2.27. The molecule has 5 heteroatoms. The van der Waals surface area contributed by atoms with Crippen LogP contribution in [-0.4, -0.2) is 29.9 Å². The number of Topliss-reactive ketones (excluding diaryl/α,β-unsaturated/α-hetero) is 1. The van der Waals surface area contributed by atoms with Crippen LogP contribution in [0.3, 0.4) is 0 Å². The van der Waals surface area contributed by atoms with E-state index >= 15 is 0 Å². The Balaban J connectivity index is 1.93. The highest BCUT2D eigenvalue weighted by molar-refractivity contribution is 6.51. The SMILES string of the molecule is CCc1ccc(N2C(=O)C(=O)/C(=C(/O)c3cc(C(C)(C)C)ccc3C)C2c2ccc(N(CC)CC)cc2)cc1. The van der Waals surface area contributed by atoms with Gasteiger partial charge in [0.05, 0.1) is 11.6 Å². The van der Waals surface area contributed by atoms with Crippen molar-refractivity contribution >= 4 is 28.8 Å². The van der Waals surface area contributed by atoms with Gasteiger partial charge >= 0.3 is 0 Å². The van der Waals surface area contributed by atoms with E-state index in [0.29, 0.717) is 11.3 Å². The van der Waals surface area contributed by atoms with Crippen molar-refractivity contribution in [2.45, 2.75) is 66.3 Å². The molecule has 5 nitrogen and oxygen atoms in total. The molecule has 1 N–H and O–H groups in total. The van der Waals surface area contributed by atoms with Gasteiger partial charge in [0.25, 0.3) is 11.7 Å². The Morgan fingerprint density at radius 2 is 1.51 bits per heavy atom. The number of nitrogens with zero attached hydrogens (tertiary/aromatic N) is 2. The number of amides is 1. The van der Waals surface area contributed by atoms with Crippen LogP contribution < -0.4 is 9.80 Å². The summed E-state index contributed by atoms with van der Waals surface area (Å²) in [5.74, 6) is -1.45. The number of aliphatic hydroxyl groups is 1. The highest BCUT2D eigenvalue weighted by atomic mass is 16.3. The number of hydrogen-bond donors (Lipinski definition) is 1. The third-order valence-electron chi connectivity index (χ3n) is 7.76. The molecule has 1 aliphatic rings. The molecule has 1 heterocycles. The molecule has 1 unspecified atom stereocenters. The molecule has 1 amide bonds. The van der Waals surface area contributed by atoms with Crippen molar-refractivity contribution in [2.75, 3.05) is 22.9 Å². The third-order valence-corrected chi connectivity index (χ3v) is 7.76. The Labute approximate surface area is 232 Å². The van der Waals surface area contributed by atoms with Gasteiger partial charge in [0.2, 0.25) is 0 Å². The number of benzene rings is 3. The van der Waals surface area contributed by atoms with Crippen molar-refractivity contribution in [1.82, 2.24) is 0 Å². The topological polar surface area (TPSA) is 60.9 Å². The number of anilines is 2. The fraction of sp³-hybridized carbons (Fsp3) is 0.353. The average molecular weight is 525 g/mol. The van der Waals surface area contributed by atoms with Crippen molar-refractivity contribution < 1.29 is 14.7 Å². The first-order valence-corrected chi connectivity index (χ1v) is 13.9. The lowest BCUT2D eigenvalue weighted by molar-refractivity contribution is -0.132. The molecule has 3 aromatic carbocycles. The maximum absolute atomic E-state index is 13.7. The third kappa shape index (κ3) is 5.36. The zero-order valence-electron chi connectivity index (χ0n) is 24.2. The van der Waals surface area contributed by atoms with Crippen molar-refractivity contribution in [3.63, 3.8) is 0 Å². The van der Waals surface area contributed by atoms with E-state index in [-0.39, 0.29) is 16.7 Å². The number of aryl methyl sites for hydroxylation is 2. The molecule has 0 saturated carbocycles. The van der Waals surface area contributed by atoms with Crippen LogP contribution in [0.15, 0.2) is 72.3 Å². The van der Waals surface area contributed by atoms with E-state index in [1.54, 1.807) is 0 Å². The van der Waals surface area contributed by atoms with Gasteiger partial charge in [-0.3, -0.25) is 14.5 Å². The Morgan fingerprint density at radius 3 is 2.05 bits per heavy atom. The van der Waals surface area contributed by atoms with Crippen LogP contribution >= 0.6 is 0 Å². The molecule has 1 saturated heterocycles. The Morgan fingerprint density at radius 1 is 0.897 bits per heavy atom. The Hall–Kier alpha value is -3.86. The zero-order chi connectivity index (χ0) is 28.5. The van der Waals surface area contributed by atoms with E-state index in [9.17, 15) is 14.7 Å². The van der Waals surface area contributed by atoms with Crippen LogP contribution in [0.25, 0.3) is 5.76 Å². The van der Waals surface area contributed by atoms with Gasteiger partial charge in [-0.05, 0) is 85.2 Å². The fourth-order valence-electron chi connectivity index (χ4n) is 5.25. The molecule has 1 fully saturated rings. The molecule has 4 rings (SSSR count). The van der Waals surface area contributed by atoms with E-state index < -0.39 is 17.7 Å². The molecule has 0 spiro atoms. The van der Waals surface area contributed by atoms with Crippen LogP contribution in [0.5, 0.6) is 0 Å². The quantitative estimate of drug-likeness (QED) is 0.200. The Bertz CT molecular complexity index is 1390. The van der Waals surface area contributed by atoms with E-state index in [2.05, 4.69) is 46.4 Å². The summed E-state index contributed by atoms with van der Waals surface area (Å²) in [7, 11) is 0. The van der Waals surface area contributed by atoms with Crippen molar-refractivity contribution in [3.05, 3.63) is 100 Å². The van der Waals surface area contributed by atoms with Crippen LogP contribution in [0.1, 0.15) is 75.4 Å². The number of rotatable bonds is 7. The largest absolute Gasteiger partial charge is 0.507 e. The van der Waals surface area contributed by atoms with Crippen LogP contribution in [-0.2, 0) is 21.4 Å². The average Bonchev–Trinajstić information content (AvgIpc) is 3.19. The highest BCUT2D eigenvalue weighted by Gasteiger charge is 2.47. The standard InChI is InChI=1S/C34H40N2O3/c1-8-23-12-17-27(18-13-23)36-30(24-14-19-26(20-15-24)35(9-2)10-3)29(32(38)33(36)39)31(37)28-21-25(34(5,6)7)16-11-22(28)4/h11-21,30,37H,8-10H2,1-7H3/b31-29+. The van der Waals surface area contributed by atoms with Gasteiger partial charge in [-0.15, -0.1) is 0 Å². The minimum Gasteiger partial charge on any atom is -0.507 e. The second kappa shape index (κ2) is 11.1. The number of aliphatic hydroxyl groups excluding tert-OH is 1. The monoisotopic (exact) mass is 524 g/mol. The van der Waals surface area contributed by atoms with Crippen LogP contribution in [0.2, 0.25) is 0 Å². The first-order chi connectivity index (χ1) is 18.5. The van der Waals surface area contributed by atoms with E-state index in [1.807, 2.05) is 73.7 Å². The molecule has 0 aliphatic carbocycles. The van der Waals surface area contributed by atoms with Gasteiger partial charge in [-0.25, -0.2) is 0 Å². The van der Waals surface area contributed by atoms with Gasteiger partial charge in [-0.1, -0.05) is 64.1 Å². The molecular formula is C34H40N2O3. The molecule has 0 bridgehead atoms. The van der Waals surface area contributed by atoms with Gasteiger partial charge in [-0.2, -0.15) is 0 Å². The summed E-state index contributed by atoms with van der Waals surface area (Å²) in [4.78, 5) is 31.0. The summed E-state index contributed by atoms with van der Waals surface area (Å²) in [6.45, 7) is 16.3. The van der Waals surface area contributed by atoms with Gasteiger partial charge in [0.1, 0.15) is 5.76 Å². The lowest BCUT2D eigenvalue weighted by Crippen LogP contribution is -2.29. The molecular weight excluding hydrogens is 484 g/mol.